The van der Waals surface area contributed by atoms with E-state index in [1.54, 1.807) is 10.7 Å². The van der Waals surface area contributed by atoms with Crippen molar-refractivity contribution in [1.82, 2.24) is 15.1 Å². The highest BCUT2D eigenvalue weighted by molar-refractivity contribution is 6.30. The number of nitrogens with zero attached hydrogens (tertiary/aromatic N) is 2. The van der Waals surface area contributed by atoms with Crippen LogP contribution in [0.15, 0.2) is 36.5 Å². The summed E-state index contributed by atoms with van der Waals surface area (Å²) < 4.78 is 7.48. The third-order valence-electron chi connectivity index (χ3n) is 2.65. The second-order valence-electron chi connectivity index (χ2n) is 4.02. The van der Waals surface area contributed by atoms with E-state index in [1.165, 1.54) is 0 Å². The van der Waals surface area contributed by atoms with Crippen LogP contribution in [-0.2, 0) is 7.05 Å². The highest BCUT2D eigenvalue weighted by Gasteiger charge is 2.12. The highest BCUT2D eigenvalue weighted by atomic mass is 35.5. The number of aryl methyl sites for hydroxylation is 1. The van der Waals surface area contributed by atoms with Crippen molar-refractivity contribution in [1.29, 1.82) is 0 Å². The van der Waals surface area contributed by atoms with Crippen molar-refractivity contribution in [2.75, 3.05) is 13.7 Å². The van der Waals surface area contributed by atoms with E-state index in [0.29, 0.717) is 11.6 Å². The molecule has 1 aromatic carbocycles. The number of hydrogen-bond donors (Lipinski definition) is 1. The molecule has 2 rings (SSSR count). The van der Waals surface area contributed by atoms with Crippen LogP contribution in [-0.4, -0.2) is 23.4 Å². The SMILES string of the molecule is CNC(COc1cccc(Cl)c1)c1ccn(C)n1. The first-order chi connectivity index (χ1) is 8.69. The maximum atomic E-state index is 5.90. The van der Waals surface area contributed by atoms with Gasteiger partial charge >= 0.3 is 0 Å². The predicted octanol–water partition coefficient (Wildman–Crippen LogP) is 2.41. The molecule has 0 aliphatic rings. The number of benzene rings is 1. The third kappa shape index (κ3) is 3.24. The first-order valence-corrected chi connectivity index (χ1v) is 6.12. The van der Waals surface area contributed by atoms with Gasteiger partial charge in [-0.25, -0.2) is 0 Å². The molecule has 0 saturated carbocycles. The quantitative estimate of drug-likeness (QED) is 0.902. The minimum atomic E-state index is 0.0604. The lowest BCUT2D eigenvalue weighted by Gasteiger charge is -2.15. The van der Waals surface area contributed by atoms with E-state index in [4.69, 9.17) is 16.3 Å². The Bertz CT molecular complexity index is 512. The molecule has 1 unspecified atom stereocenters. The first-order valence-electron chi connectivity index (χ1n) is 5.74. The van der Waals surface area contributed by atoms with Crippen LogP contribution in [0.3, 0.4) is 0 Å². The van der Waals surface area contributed by atoms with Gasteiger partial charge in [0.2, 0.25) is 0 Å². The zero-order chi connectivity index (χ0) is 13.0. The van der Waals surface area contributed by atoms with E-state index in [0.717, 1.165) is 11.4 Å². The number of aromatic nitrogens is 2. The van der Waals surface area contributed by atoms with Crippen molar-refractivity contribution in [2.24, 2.45) is 7.05 Å². The standard InChI is InChI=1S/C13H16ClN3O/c1-15-13(12-6-7-17(2)16-12)9-18-11-5-3-4-10(14)8-11/h3-8,13,15H,9H2,1-2H3. The zero-order valence-electron chi connectivity index (χ0n) is 10.4. The number of halogens is 1. The number of ether oxygens (including phenoxy) is 1. The molecule has 2 aromatic rings. The molecule has 0 spiro atoms. The van der Waals surface area contributed by atoms with Gasteiger partial charge in [0.05, 0.1) is 11.7 Å². The summed E-state index contributed by atoms with van der Waals surface area (Å²) in [7, 11) is 3.79. The van der Waals surface area contributed by atoms with Crippen LogP contribution in [0.25, 0.3) is 0 Å². The predicted molar refractivity (Wildman–Crippen MR) is 72.0 cm³/mol. The van der Waals surface area contributed by atoms with Crippen molar-refractivity contribution in [3.63, 3.8) is 0 Å². The Morgan fingerprint density at radius 1 is 1.44 bits per heavy atom. The summed E-state index contributed by atoms with van der Waals surface area (Å²) in [5, 5.41) is 8.22. The fourth-order valence-corrected chi connectivity index (χ4v) is 1.85. The first kappa shape index (κ1) is 12.9. The van der Waals surface area contributed by atoms with E-state index in [1.807, 2.05) is 44.6 Å². The molecule has 0 saturated heterocycles. The Balaban J connectivity index is 1.99. The van der Waals surface area contributed by atoms with Gasteiger partial charge in [0.1, 0.15) is 12.4 Å². The lowest BCUT2D eigenvalue weighted by atomic mass is 10.2. The molecule has 1 heterocycles. The van der Waals surface area contributed by atoms with Crippen LogP contribution in [0, 0.1) is 0 Å². The molecule has 18 heavy (non-hydrogen) atoms. The molecule has 0 amide bonds. The molecule has 0 aliphatic carbocycles. The molecule has 5 heteroatoms. The number of rotatable bonds is 5. The molecule has 1 atom stereocenters. The lowest BCUT2D eigenvalue weighted by molar-refractivity contribution is 0.270. The van der Waals surface area contributed by atoms with Crippen LogP contribution >= 0.6 is 11.6 Å². The summed E-state index contributed by atoms with van der Waals surface area (Å²) in [6.45, 7) is 0.508. The maximum absolute atomic E-state index is 5.90. The Labute approximate surface area is 112 Å². The topological polar surface area (TPSA) is 39.1 Å². The molecule has 0 bridgehead atoms. The maximum Gasteiger partial charge on any atom is 0.120 e. The van der Waals surface area contributed by atoms with Crippen LogP contribution in [0.4, 0.5) is 0 Å². The van der Waals surface area contributed by atoms with E-state index < -0.39 is 0 Å². The lowest BCUT2D eigenvalue weighted by Crippen LogP contribution is -2.23. The number of likely N-dealkylation sites (N-methyl/N-ethyl adjacent to an activating group) is 1. The number of nitrogens with one attached hydrogen (secondary N) is 1. The zero-order valence-corrected chi connectivity index (χ0v) is 11.2. The van der Waals surface area contributed by atoms with Gasteiger partial charge in [-0.05, 0) is 31.3 Å². The Morgan fingerprint density at radius 3 is 2.89 bits per heavy atom. The van der Waals surface area contributed by atoms with E-state index in [-0.39, 0.29) is 6.04 Å². The van der Waals surface area contributed by atoms with Gasteiger partial charge in [0, 0.05) is 18.3 Å². The van der Waals surface area contributed by atoms with E-state index in [9.17, 15) is 0 Å². The smallest absolute Gasteiger partial charge is 0.120 e. The molecular formula is C13H16ClN3O. The van der Waals surface area contributed by atoms with E-state index >= 15 is 0 Å². The van der Waals surface area contributed by atoms with Crippen LogP contribution in [0.1, 0.15) is 11.7 Å². The van der Waals surface area contributed by atoms with Gasteiger partial charge in [-0.2, -0.15) is 5.10 Å². The summed E-state index contributed by atoms with van der Waals surface area (Å²) in [6.07, 6.45) is 1.92. The van der Waals surface area contributed by atoms with Crippen molar-refractivity contribution in [2.45, 2.75) is 6.04 Å². The van der Waals surface area contributed by atoms with E-state index in [2.05, 4.69) is 10.4 Å². The second kappa shape index (κ2) is 5.89. The van der Waals surface area contributed by atoms with Crippen LogP contribution in [0.5, 0.6) is 5.75 Å². The molecule has 96 valence electrons. The highest BCUT2D eigenvalue weighted by Crippen LogP contribution is 2.19. The van der Waals surface area contributed by atoms with Gasteiger partial charge in [0.25, 0.3) is 0 Å². The van der Waals surface area contributed by atoms with Gasteiger partial charge in [-0.3, -0.25) is 4.68 Å². The summed E-state index contributed by atoms with van der Waals surface area (Å²) in [4.78, 5) is 0. The summed E-state index contributed by atoms with van der Waals surface area (Å²) in [5.41, 5.74) is 0.960. The Kier molecular flexibility index (Phi) is 4.23. The fraction of sp³-hybridized carbons (Fsp3) is 0.308. The van der Waals surface area contributed by atoms with Gasteiger partial charge in [-0.15, -0.1) is 0 Å². The van der Waals surface area contributed by atoms with Crippen LogP contribution in [0.2, 0.25) is 5.02 Å². The minimum absolute atomic E-state index is 0.0604. The van der Waals surface area contributed by atoms with Crippen molar-refractivity contribution < 1.29 is 4.74 Å². The number of hydrogen-bond acceptors (Lipinski definition) is 3. The summed E-state index contributed by atoms with van der Waals surface area (Å²) in [5.74, 6) is 0.763. The van der Waals surface area contributed by atoms with Crippen LogP contribution < -0.4 is 10.1 Å². The van der Waals surface area contributed by atoms with Crippen molar-refractivity contribution >= 4 is 11.6 Å². The van der Waals surface area contributed by atoms with Crippen molar-refractivity contribution in [3.05, 3.63) is 47.2 Å². The Hall–Kier alpha value is -1.52. The molecule has 0 aliphatic heterocycles. The summed E-state index contributed by atoms with van der Waals surface area (Å²) >= 11 is 5.90. The van der Waals surface area contributed by atoms with Gasteiger partial charge in [-0.1, -0.05) is 17.7 Å². The third-order valence-corrected chi connectivity index (χ3v) is 2.89. The molecular weight excluding hydrogens is 250 g/mol. The molecule has 1 N–H and O–H groups in total. The molecule has 4 nitrogen and oxygen atoms in total. The normalized spacial score (nSPS) is 12.4. The molecule has 1 aromatic heterocycles. The fourth-order valence-electron chi connectivity index (χ4n) is 1.67. The second-order valence-corrected chi connectivity index (χ2v) is 4.46. The Morgan fingerprint density at radius 2 is 2.28 bits per heavy atom. The average molecular weight is 266 g/mol. The molecule has 0 fully saturated rings. The minimum Gasteiger partial charge on any atom is -0.491 e. The van der Waals surface area contributed by atoms with Gasteiger partial charge in [0.15, 0.2) is 0 Å². The largest absolute Gasteiger partial charge is 0.491 e. The monoisotopic (exact) mass is 265 g/mol. The average Bonchev–Trinajstić information content (AvgIpc) is 2.77. The summed E-state index contributed by atoms with van der Waals surface area (Å²) in [6, 6.07) is 9.41. The van der Waals surface area contributed by atoms with Gasteiger partial charge < -0.3 is 10.1 Å². The molecule has 0 radical (unpaired) electrons. The van der Waals surface area contributed by atoms with Crippen molar-refractivity contribution in [3.8, 4) is 5.75 Å².